The van der Waals surface area contributed by atoms with E-state index in [1.54, 1.807) is 17.0 Å². The van der Waals surface area contributed by atoms with Crippen molar-refractivity contribution in [3.8, 4) is 0 Å². The van der Waals surface area contributed by atoms with Crippen molar-refractivity contribution < 1.29 is 9.59 Å². The lowest BCUT2D eigenvalue weighted by Gasteiger charge is -2.30. The average molecular weight is 363 g/mol. The maximum Gasteiger partial charge on any atom is 0.258 e. The van der Waals surface area contributed by atoms with E-state index in [2.05, 4.69) is 10.6 Å². The highest BCUT2D eigenvalue weighted by atomic mass is 16.2. The summed E-state index contributed by atoms with van der Waals surface area (Å²) in [6, 6.07) is 15.1. The molecule has 1 aliphatic carbocycles. The Bertz CT molecular complexity index is 826. The molecule has 2 N–H and O–H groups in total. The number of nitrogens with one attached hydrogen (secondary N) is 2. The molecule has 0 saturated heterocycles. The van der Waals surface area contributed by atoms with E-state index in [1.807, 2.05) is 36.4 Å². The third kappa shape index (κ3) is 3.82. The lowest BCUT2D eigenvalue weighted by Crippen LogP contribution is -2.38. The molecule has 0 radical (unpaired) electrons. The van der Waals surface area contributed by atoms with Gasteiger partial charge >= 0.3 is 0 Å². The van der Waals surface area contributed by atoms with E-state index >= 15 is 0 Å². The quantitative estimate of drug-likeness (QED) is 0.856. The van der Waals surface area contributed by atoms with Crippen LogP contribution in [-0.2, 0) is 4.79 Å². The highest BCUT2D eigenvalue weighted by Crippen LogP contribution is 2.30. The minimum atomic E-state index is -0.0193. The average Bonchev–Trinajstić information content (AvgIpc) is 2.74. The maximum atomic E-state index is 13.0. The lowest BCUT2D eigenvalue weighted by molar-refractivity contribution is -0.120. The summed E-state index contributed by atoms with van der Waals surface area (Å²) in [6.45, 7) is 1.37. The molecule has 5 heteroatoms. The molecule has 0 aromatic heterocycles. The Hall–Kier alpha value is -2.82. The molecular formula is C22H25N3O2. The van der Waals surface area contributed by atoms with Gasteiger partial charge in [-0.3, -0.25) is 9.59 Å². The summed E-state index contributed by atoms with van der Waals surface area (Å²) in [7, 11) is 0. The van der Waals surface area contributed by atoms with Gasteiger partial charge in [0.1, 0.15) is 0 Å². The molecule has 0 spiro atoms. The number of fused-ring (bicyclic) bond motifs is 1. The first-order valence-corrected chi connectivity index (χ1v) is 9.78. The normalized spacial score (nSPS) is 17.0. The third-order valence-electron chi connectivity index (χ3n) is 5.47. The van der Waals surface area contributed by atoms with Crippen molar-refractivity contribution in [1.82, 2.24) is 0 Å². The number of nitrogens with zero attached hydrogens (tertiary/aromatic N) is 1. The molecule has 1 saturated carbocycles. The molecule has 2 aliphatic rings. The molecule has 5 nitrogen and oxygen atoms in total. The van der Waals surface area contributed by atoms with E-state index in [-0.39, 0.29) is 17.7 Å². The number of para-hydroxylation sites is 2. The van der Waals surface area contributed by atoms with Gasteiger partial charge in [-0.05, 0) is 49.2 Å². The molecule has 1 aliphatic heterocycles. The van der Waals surface area contributed by atoms with Gasteiger partial charge < -0.3 is 15.5 Å². The first-order chi connectivity index (χ1) is 13.2. The number of rotatable bonds is 3. The molecule has 4 rings (SSSR count). The van der Waals surface area contributed by atoms with Gasteiger partial charge in [-0.15, -0.1) is 0 Å². The van der Waals surface area contributed by atoms with Crippen molar-refractivity contribution in [3.63, 3.8) is 0 Å². The van der Waals surface area contributed by atoms with Crippen molar-refractivity contribution in [3.05, 3.63) is 54.1 Å². The second-order valence-electron chi connectivity index (χ2n) is 7.30. The number of benzene rings is 2. The molecule has 1 heterocycles. The van der Waals surface area contributed by atoms with E-state index in [1.165, 1.54) is 6.42 Å². The van der Waals surface area contributed by atoms with Crippen LogP contribution in [0.3, 0.4) is 0 Å². The van der Waals surface area contributed by atoms with Gasteiger partial charge in [0.2, 0.25) is 5.91 Å². The fourth-order valence-electron chi connectivity index (χ4n) is 3.95. The predicted molar refractivity (Wildman–Crippen MR) is 108 cm³/mol. The van der Waals surface area contributed by atoms with Crippen LogP contribution in [0.25, 0.3) is 0 Å². The van der Waals surface area contributed by atoms with Crippen LogP contribution in [0.5, 0.6) is 0 Å². The molecule has 1 fully saturated rings. The first kappa shape index (κ1) is 17.6. The number of amides is 2. The molecular weight excluding hydrogens is 338 g/mol. The van der Waals surface area contributed by atoms with Crippen LogP contribution in [0, 0.1) is 5.92 Å². The molecule has 0 unspecified atom stereocenters. The largest absolute Gasteiger partial charge is 0.382 e. The Balaban J connectivity index is 1.45. The molecule has 2 aromatic carbocycles. The Morgan fingerprint density at radius 2 is 1.70 bits per heavy atom. The van der Waals surface area contributed by atoms with Crippen molar-refractivity contribution in [2.75, 3.05) is 28.6 Å². The van der Waals surface area contributed by atoms with Crippen molar-refractivity contribution >= 4 is 28.9 Å². The fraction of sp³-hybridized carbons (Fsp3) is 0.364. The van der Waals surface area contributed by atoms with E-state index in [0.29, 0.717) is 12.1 Å². The molecule has 2 aromatic rings. The summed E-state index contributed by atoms with van der Waals surface area (Å²) in [5.41, 5.74) is 3.27. The Morgan fingerprint density at radius 3 is 2.48 bits per heavy atom. The van der Waals surface area contributed by atoms with Gasteiger partial charge in [0, 0.05) is 30.3 Å². The smallest absolute Gasteiger partial charge is 0.258 e. The summed E-state index contributed by atoms with van der Waals surface area (Å²) < 4.78 is 0. The molecule has 2 amide bonds. The summed E-state index contributed by atoms with van der Waals surface area (Å²) in [4.78, 5) is 27.1. The predicted octanol–water partition coefficient (Wildman–Crippen LogP) is 4.28. The number of hydrogen-bond acceptors (Lipinski definition) is 3. The third-order valence-corrected chi connectivity index (χ3v) is 5.47. The Morgan fingerprint density at radius 1 is 0.963 bits per heavy atom. The monoisotopic (exact) mass is 363 g/mol. The van der Waals surface area contributed by atoms with Crippen LogP contribution >= 0.6 is 0 Å². The van der Waals surface area contributed by atoms with Crippen LogP contribution in [0.1, 0.15) is 42.5 Å². The van der Waals surface area contributed by atoms with Crippen LogP contribution in [-0.4, -0.2) is 24.9 Å². The van der Waals surface area contributed by atoms with Gasteiger partial charge in [0.05, 0.1) is 11.4 Å². The van der Waals surface area contributed by atoms with Crippen LogP contribution in [0.4, 0.5) is 17.1 Å². The summed E-state index contributed by atoms with van der Waals surface area (Å²) in [5.74, 6) is 0.205. The number of carbonyl (C=O) groups excluding carboxylic acids is 2. The molecule has 140 valence electrons. The van der Waals surface area contributed by atoms with Crippen molar-refractivity contribution in [1.29, 1.82) is 0 Å². The summed E-state index contributed by atoms with van der Waals surface area (Å²) in [6.07, 6.45) is 5.46. The van der Waals surface area contributed by atoms with Gasteiger partial charge in [-0.2, -0.15) is 0 Å². The molecule has 27 heavy (non-hydrogen) atoms. The van der Waals surface area contributed by atoms with Crippen LogP contribution in [0.15, 0.2) is 48.5 Å². The molecule has 0 bridgehead atoms. The van der Waals surface area contributed by atoms with Gasteiger partial charge in [-0.1, -0.05) is 31.4 Å². The SMILES string of the molecule is O=C(Nc1ccc(C(=O)N2CCNc3ccccc32)cc1)C1CCCCC1. The fourth-order valence-corrected chi connectivity index (χ4v) is 3.95. The summed E-state index contributed by atoms with van der Waals surface area (Å²) >= 11 is 0. The van der Waals surface area contributed by atoms with Crippen LogP contribution < -0.4 is 15.5 Å². The van der Waals surface area contributed by atoms with E-state index in [0.717, 1.165) is 49.3 Å². The minimum absolute atomic E-state index is 0.0193. The standard InChI is InChI=1S/C22H25N3O2/c26-21(16-6-2-1-3-7-16)24-18-12-10-17(11-13-18)22(27)25-15-14-23-19-8-4-5-9-20(19)25/h4-5,8-13,16,23H,1-3,6-7,14-15H2,(H,24,26). The number of anilines is 3. The zero-order chi connectivity index (χ0) is 18.6. The zero-order valence-corrected chi connectivity index (χ0v) is 15.4. The van der Waals surface area contributed by atoms with Crippen molar-refractivity contribution in [2.24, 2.45) is 5.92 Å². The summed E-state index contributed by atoms with van der Waals surface area (Å²) in [5, 5.41) is 6.32. The minimum Gasteiger partial charge on any atom is -0.382 e. The Labute approximate surface area is 159 Å². The van der Waals surface area contributed by atoms with Gasteiger partial charge in [-0.25, -0.2) is 0 Å². The number of hydrogen-bond donors (Lipinski definition) is 2. The second kappa shape index (κ2) is 7.82. The number of carbonyl (C=O) groups is 2. The van der Waals surface area contributed by atoms with Crippen LogP contribution in [0.2, 0.25) is 0 Å². The van der Waals surface area contributed by atoms with E-state index < -0.39 is 0 Å². The second-order valence-corrected chi connectivity index (χ2v) is 7.30. The van der Waals surface area contributed by atoms with Gasteiger partial charge in [0.25, 0.3) is 5.91 Å². The van der Waals surface area contributed by atoms with Gasteiger partial charge in [0.15, 0.2) is 0 Å². The topological polar surface area (TPSA) is 61.4 Å². The molecule has 0 atom stereocenters. The highest BCUT2D eigenvalue weighted by molar-refractivity contribution is 6.08. The lowest BCUT2D eigenvalue weighted by atomic mass is 9.88. The van der Waals surface area contributed by atoms with E-state index in [4.69, 9.17) is 0 Å². The maximum absolute atomic E-state index is 13.0. The zero-order valence-electron chi connectivity index (χ0n) is 15.4. The highest BCUT2D eigenvalue weighted by Gasteiger charge is 2.24. The Kier molecular flexibility index (Phi) is 5.10. The van der Waals surface area contributed by atoms with E-state index in [9.17, 15) is 9.59 Å². The first-order valence-electron chi connectivity index (χ1n) is 9.78. The van der Waals surface area contributed by atoms with Crippen molar-refractivity contribution in [2.45, 2.75) is 32.1 Å².